The summed E-state index contributed by atoms with van der Waals surface area (Å²) in [5.41, 5.74) is -1.85. The van der Waals surface area contributed by atoms with Crippen LogP contribution in [0.2, 0.25) is 0 Å². The SMILES string of the molecule is C#CC(Cn1cc2ccc(OC)cc2c1O)(NC(=O)OC)C(=O)OC. The number of rotatable bonds is 5. The Labute approximate surface area is 144 Å². The summed E-state index contributed by atoms with van der Waals surface area (Å²) in [4.78, 5) is 23.8. The van der Waals surface area contributed by atoms with Gasteiger partial charge in [0.1, 0.15) is 5.75 Å². The van der Waals surface area contributed by atoms with E-state index in [-0.39, 0.29) is 12.4 Å². The van der Waals surface area contributed by atoms with Gasteiger partial charge < -0.3 is 23.9 Å². The fourth-order valence-electron chi connectivity index (χ4n) is 2.42. The van der Waals surface area contributed by atoms with E-state index in [2.05, 4.69) is 16.0 Å². The van der Waals surface area contributed by atoms with E-state index in [1.54, 1.807) is 24.4 Å². The second-order valence-corrected chi connectivity index (χ2v) is 5.19. The van der Waals surface area contributed by atoms with Gasteiger partial charge in [0.15, 0.2) is 5.88 Å². The second-order valence-electron chi connectivity index (χ2n) is 5.19. The number of fused-ring (bicyclic) bond motifs is 1. The molecule has 8 nitrogen and oxygen atoms in total. The number of aromatic hydroxyl groups is 1. The summed E-state index contributed by atoms with van der Waals surface area (Å²) >= 11 is 0. The number of hydrogen-bond donors (Lipinski definition) is 2. The molecule has 0 bridgehead atoms. The Kier molecular flexibility index (Phi) is 5.08. The van der Waals surface area contributed by atoms with Crippen molar-refractivity contribution in [1.29, 1.82) is 0 Å². The Balaban J connectivity index is 2.50. The van der Waals surface area contributed by atoms with E-state index < -0.39 is 17.6 Å². The van der Waals surface area contributed by atoms with Gasteiger partial charge in [0.2, 0.25) is 5.54 Å². The number of carbonyl (C=O) groups excluding carboxylic acids is 2. The first-order valence-corrected chi connectivity index (χ1v) is 7.19. The molecule has 0 aliphatic rings. The van der Waals surface area contributed by atoms with Crippen LogP contribution in [0.1, 0.15) is 0 Å². The number of terminal acetylenes is 1. The molecule has 0 radical (unpaired) electrons. The van der Waals surface area contributed by atoms with Crippen LogP contribution in [-0.4, -0.2) is 48.6 Å². The van der Waals surface area contributed by atoms with E-state index in [1.165, 1.54) is 11.7 Å². The van der Waals surface area contributed by atoms with Gasteiger partial charge in [0.05, 0.1) is 27.9 Å². The zero-order chi connectivity index (χ0) is 18.6. The number of nitrogens with zero attached hydrogens (tertiary/aromatic N) is 1. The average Bonchev–Trinajstić information content (AvgIpc) is 2.94. The van der Waals surface area contributed by atoms with E-state index in [4.69, 9.17) is 15.9 Å². The van der Waals surface area contributed by atoms with Gasteiger partial charge in [-0.15, -0.1) is 6.42 Å². The van der Waals surface area contributed by atoms with Crippen molar-refractivity contribution in [1.82, 2.24) is 9.88 Å². The summed E-state index contributed by atoms with van der Waals surface area (Å²) in [7, 11) is 3.79. The number of aromatic nitrogens is 1. The lowest BCUT2D eigenvalue weighted by molar-refractivity contribution is -0.146. The van der Waals surface area contributed by atoms with E-state index in [0.29, 0.717) is 16.5 Å². The molecule has 8 heteroatoms. The van der Waals surface area contributed by atoms with E-state index in [1.807, 2.05) is 0 Å². The molecule has 0 spiro atoms. The third-order valence-corrected chi connectivity index (χ3v) is 3.76. The van der Waals surface area contributed by atoms with Gasteiger partial charge in [0.25, 0.3) is 0 Å². The lowest BCUT2D eigenvalue weighted by Crippen LogP contribution is -2.56. The molecule has 2 N–H and O–H groups in total. The van der Waals surface area contributed by atoms with Crippen molar-refractivity contribution in [3.05, 3.63) is 24.4 Å². The van der Waals surface area contributed by atoms with E-state index in [0.717, 1.165) is 14.2 Å². The van der Waals surface area contributed by atoms with Crippen molar-refractivity contribution >= 4 is 22.8 Å². The second kappa shape index (κ2) is 7.05. The third kappa shape index (κ3) is 3.30. The van der Waals surface area contributed by atoms with Crippen molar-refractivity contribution in [2.45, 2.75) is 12.1 Å². The minimum absolute atomic E-state index is 0.135. The highest BCUT2D eigenvalue weighted by atomic mass is 16.5. The summed E-state index contributed by atoms with van der Waals surface area (Å²) in [6.45, 7) is -0.256. The first-order valence-electron chi connectivity index (χ1n) is 7.19. The van der Waals surface area contributed by atoms with Crippen LogP contribution in [0.15, 0.2) is 24.4 Å². The van der Waals surface area contributed by atoms with Crippen molar-refractivity contribution in [3.8, 4) is 24.0 Å². The molecule has 0 saturated carbocycles. The lowest BCUT2D eigenvalue weighted by Gasteiger charge is -2.26. The zero-order valence-electron chi connectivity index (χ0n) is 14.0. The van der Waals surface area contributed by atoms with Crippen molar-refractivity contribution in [3.63, 3.8) is 0 Å². The number of methoxy groups -OCH3 is 3. The molecular formula is C17H18N2O6. The molecule has 25 heavy (non-hydrogen) atoms. The summed E-state index contributed by atoms with van der Waals surface area (Å²) < 4.78 is 15.7. The van der Waals surface area contributed by atoms with Crippen molar-refractivity contribution in [2.75, 3.05) is 21.3 Å². The maximum absolute atomic E-state index is 12.2. The number of ether oxygens (including phenoxy) is 3. The van der Waals surface area contributed by atoms with Crippen LogP contribution in [-0.2, 0) is 20.8 Å². The van der Waals surface area contributed by atoms with Gasteiger partial charge in [-0.25, -0.2) is 9.59 Å². The smallest absolute Gasteiger partial charge is 0.408 e. The predicted molar refractivity (Wildman–Crippen MR) is 89.3 cm³/mol. The van der Waals surface area contributed by atoms with E-state index >= 15 is 0 Å². The number of amides is 1. The third-order valence-electron chi connectivity index (χ3n) is 3.76. The fraction of sp³-hybridized carbons (Fsp3) is 0.294. The van der Waals surface area contributed by atoms with Crippen LogP contribution < -0.4 is 10.1 Å². The highest BCUT2D eigenvalue weighted by Gasteiger charge is 2.41. The monoisotopic (exact) mass is 346 g/mol. The molecule has 1 amide bonds. The molecular weight excluding hydrogens is 328 g/mol. The average molecular weight is 346 g/mol. The normalized spacial score (nSPS) is 12.7. The summed E-state index contributed by atoms with van der Waals surface area (Å²) in [6, 6.07) is 5.12. The van der Waals surface area contributed by atoms with Crippen LogP contribution in [0.25, 0.3) is 10.8 Å². The topological polar surface area (TPSA) is 99.0 Å². The Morgan fingerprint density at radius 3 is 2.60 bits per heavy atom. The van der Waals surface area contributed by atoms with Crippen molar-refractivity contribution < 1.29 is 28.9 Å². The Bertz CT molecular complexity index is 851. The van der Waals surface area contributed by atoms with Gasteiger partial charge in [-0.3, -0.25) is 5.32 Å². The van der Waals surface area contributed by atoms with Crippen LogP contribution in [0, 0.1) is 12.3 Å². The zero-order valence-corrected chi connectivity index (χ0v) is 14.0. The van der Waals surface area contributed by atoms with Gasteiger partial charge >= 0.3 is 12.1 Å². The number of esters is 1. The van der Waals surface area contributed by atoms with Gasteiger partial charge in [-0.05, 0) is 18.2 Å². The lowest BCUT2D eigenvalue weighted by atomic mass is 10.0. The standard InChI is InChI=1S/C17H18N2O6/c1-5-17(15(21)24-3,18-16(22)25-4)10-19-9-11-6-7-12(23-2)8-13(11)14(19)20/h1,6-9,20H,10H2,2-4H3,(H,18,22). The minimum atomic E-state index is -1.85. The maximum Gasteiger partial charge on any atom is 0.408 e. The summed E-state index contributed by atoms with van der Waals surface area (Å²) in [6.07, 6.45) is 6.18. The first kappa shape index (κ1) is 18.0. The predicted octanol–water partition coefficient (Wildman–Crippen LogP) is 1.26. The first-order chi connectivity index (χ1) is 11.9. The Morgan fingerprint density at radius 2 is 2.04 bits per heavy atom. The quantitative estimate of drug-likeness (QED) is 0.625. The molecule has 1 heterocycles. The van der Waals surface area contributed by atoms with Crippen molar-refractivity contribution in [2.24, 2.45) is 0 Å². The molecule has 0 fully saturated rings. The van der Waals surface area contributed by atoms with E-state index in [9.17, 15) is 14.7 Å². The fourth-order valence-corrected chi connectivity index (χ4v) is 2.42. The van der Waals surface area contributed by atoms with Gasteiger partial charge in [-0.1, -0.05) is 5.92 Å². The van der Waals surface area contributed by atoms with Crippen LogP contribution in [0.3, 0.4) is 0 Å². The van der Waals surface area contributed by atoms with Crippen LogP contribution >= 0.6 is 0 Å². The summed E-state index contributed by atoms with van der Waals surface area (Å²) in [5.74, 6) is 1.79. The van der Waals surface area contributed by atoms with Gasteiger partial charge in [0, 0.05) is 17.0 Å². The maximum atomic E-state index is 12.2. The number of alkyl carbamates (subject to hydrolysis) is 1. The van der Waals surface area contributed by atoms with Gasteiger partial charge in [-0.2, -0.15) is 0 Å². The minimum Gasteiger partial charge on any atom is -0.497 e. The molecule has 1 aromatic carbocycles. The Hall–Kier alpha value is -3.34. The molecule has 0 aliphatic heterocycles. The Morgan fingerprint density at radius 1 is 1.32 bits per heavy atom. The van der Waals surface area contributed by atoms with Crippen LogP contribution in [0.4, 0.5) is 4.79 Å². The molecule has 0 saturated heterocycles. The highest BCUT2D eigenvalue weighted by Crippen LogP contribution is 2.31. The number of nitrogens with one attached hydrogen (secondary N) is 1. The molecule has 1 aromatic heterocycles. The number of benzene rings is 1. The number of hydrogen-bond acceptors (Lipinski definition) is 6. The summed E-state index contributed by atoms with van der Waals surface area (Å²) in [5, 5.41) is 14.0. The number of carbonyl (C=O) groups is 2. The highest BCUT2D eigenvalue weighted by molar-refractivity contribution is 5.91. The molecule has 132 valence electrons. The van der Waals surface area contributed by atoms with Crippen LogP contribution in [0.5, 0.6) is 11.6 Å². The molecule has 2 aromatic rings. The molecule has 1 unspecified atom stereocenters. The molecule has 2 rings (SSSR count). The molecule has 0 aliphatic carbocycles. The molecule has 1 atom stereocenters. The largest absolute Gasteiger partial charge is 0.497 e.